The second-order valence-electron chi connectivity index (χ2n) is 4.72. The van der Waals surface area contributed by atoms with Crippen LogP contribution in [-0.2, 0) is 4.79 Å². The SMILES string of the molecule is CCCCCCCCCC(=O)N/N=C/c1ccsc1. The molecule has 0 unspecified atom stereocenters. The third kappa shape index (κ3) is 8.54. The molecule has 0 aromatic carbocycles. The van der Waals surface area contributed by atoms with Crippen LogP contribution < -0.4 is 5.43 Å². The molecule has 1 amide bonds. The smallest absolute Gasteiger partial charge is 0.240 e. The average Bonchev–Trinajstić information content (AvgIpc) is 2.91. The summed E-state index contributed by atoms with van der Waals surface area (Å²) in [6.07, 6.45) is 10.8. The molecule has 0 saturated heterocycles. The molecule has 0 aliphatic heterocycles. The Morgan fingerprint density at radius 3 is 2.68 bits per heavy atom. The Balaban J connectivity index is 1.96. The molecule has 1 rings (SSSR count). The van der Waals surface area contributed by atoms with Crippen molar-refractivity contribution in [3.8, 4) is 0 Å². The van der Waals surface area contributed by atoms with Gasteiger partial charge in [-0.25, -0.2) is 5.43 Å². The summed E-state index contributed by atoms with van der Waals surface area (Å²) in [5.74, 6) is 0.0139. The van der Waals surface area contributed by atoms with Crippen LogP contribution in [-0.4, -0.2) is 12.1 Å². The van der Waals surface area contributed by atoms with Crippen molar-refractivity contribution in [2.24, 2.45) is 5.10 Å². The lowest BCUT2D eigenvalue weighted by molar-refractivity contribution is -0.121. The monoisotopic (exact) mass is 280 g/mol. The van der Waals surface area contributed by atoms with Crippen molar-refractivity contribution in [1.29, 1.82) is 0 Å². The third-order valence-electron chi connectivity index (χ3n) is 2.95. The minimum absolute atomic E-state index is 0.0139. The molecule has 0 aliphatic carbocycles. The molecule has 106 valence electrons. The van der Waals surface area contributed by atoms with Gasteiger partial charge in [-0.05, 0) is 23.2 Å². The Morgan fingerprint density at radius 1 is 1.26 bits per heavy atom. The van der Waals surface area contributed by atoms with E-state index in [4.69, 9.17) is 0 Å². The molecular weight excluding hydrogens is 256 g/mol. The van der Waals surface area contributed by atoms with Gasteiger partial charge in [0.05, 0.1) is 6.21 Å². The largest absolute Gasteiger partial charge is 0.273 e. The van der Waals surface area contributed by atoms with Crippen LogP contribution in [0.2, 0.25) is 0 Å². The minimum atomic E-state index is 0.0139. The van der Waals surface area contributed by atoms with Crippen LogP contribution in [0, 0.1) is 0 Å². The van der Waals surface area contributed by atoms with Gasteiger partial charge in [0, 0.05) is 12.0 Å². The number of hydrazone groups is 1. The van der Waals surface area contributed by atoms with Crippen molar-refractivity contribution in [3.05, 3.63) is 22.4 Å². The Kier molecular flexibility index (Phi) is 8.98. The first-order chi connectivity index (χ1) is 9.33. The first-order valence-electron chi connectivity index (χ1n) is 7.17. The summed E-state index contributed by atoms with van der Waals surface area (Å²) in [6, 6.07) is 1.97. The number of nitrogens with one attached hydrogen (secondary N) is 1. The van der Waals surface area contributed by atoms with Gasteiger partial charge in [0.25, 0.3) is 0 Å². The summed E-state index contributed by atoms with van der Waals surface area (Å²) in [5.41, 5.74) is 3.60. The zero-order valence-corrected chi connectivity index (χ0v) is 12.5. The number of hydrogen-bond acceptors (Lipinski definition) is 3. The van der Waals surface area contributed by atoms with Crippen LogP contribution in [0.1, 0.15) is 63.9 Å². The highest BCUT2D eigenvalue weighted by molar-refractivity contribution is 7.08. The highest BCUT2D eigenvalue weighted by atomic mass is 32.1. The summed E-state index contributed by atoms with van der Waals surface area (Å²) in [6.45, 7) is 2.22. The average molecular weight is 280 g/mol. The summed E-state index contributed by atoms with van der Waals surface area (Å²) >= 11 is 1.62. The molecular formula is C15H24N2OS. The Bertz CT molecular complexity index is 360. The zero-order chi connectivity index (χ0) is 13.8. The van der Waals surface area contributed by atoms with Crippen LogP contribution in [0.15, 0.2) is 21.9 Å². The fraction of sp³-hybridized carbons (Fsp3) is 0.600. The number of amides is 1. The lowest BCUT2D eigenvalue weighted by atomic mass is 10.1. The second-order valence-corrected chi connectivity index (χ2v) is 5.50. The first kappa shape index (κ1) is 15.9. The zero-order valence-electron chi connectivity index (χ0n) is 11.7. The molecule has 1 aromatic rings. The van der Waals surface area contributed by atoms with E-state index in [1.165, 1.54) is 32.1 Å². The molecule has 1 N–H and O–H groups in total. The van der Waals surface area contributed by atoms with Crippen molar-refractivity contribution in [1.82, 2.24) is 5.43 Å². The normalized spacial score (nSPS) is 11.0. The standard InChI is InChI=1S/C15H24N2OS/c1-2-3-4-5-6-7-8-9-15(18)17-16-12-14-10-11-19-13-14/h10-13H,2-9H2,1H3,(H,17,18)/b16-12+. The van der Waals surface area contributed by atoms with Crippen LogP contribution >= 0.6 is 11.3 Å². The number of carbonyl (C=O) groups is 1. The second kappa shape index (κ2) is 10.7. The van der Waals surface area contributed by atoms with Crippen molar-refractivity contribution in [3.63, 3.8) is 0 Å². The summed E-state index contributed by atoms with van der Waals surface area (Å²) in [5, 5.41) is 7.92. The maximum atomic E-state index is 11.5. The van der Waals surface area contributed by atoms with Crippen molar-refractivity contribution in [2.45, 2.75) is 58.3 Å². The molecule has 1 aromatic heterocycles. The van der Waals surface area contributed by atoms with Gasteiger partial charge in [0.1, 0.15) is 0 Å². The molecule has 0 fully saturated rings. The maximum absolute atomic E-state index is 11.5. The van der Waals surface area contributed by atoms with E-state index in [-0.39, 0.29) is 5.91 Å². The summed E-state index contributed by atoms with van der Waals surface area (Å²) < 4.78 is 0. The Morgan fingerprint density at radius 2 is 2.00 bits per heavy atom. The van der Waals surface area contributed by atoms with Crippen molar-refractivity contribution in [2.75, 3.05) is 0 Å². The summed E-state index contributed by atoms with van der Waals surface area (Å²) in [4.78, 5) is 11.5. The van der Waals surface area contributed by atoms with Gasteiger partial charge < -0.3 is 0 Å². The van der Waals surface area contributed by atoms with E-state index >= 15 is 0 Å². The van der Waals surface area contributed by atoms with Gasteiger partial charge in [-0.3, -0.25) is 4.79 Å². The van der Waals surface area contributed by atoms with Gasteiger partial charge >= 0.3 is 0 Å². The molecule has 0 radical (unpaired) electrons. The fourth-order valence-corrected chi connectivity index (χ4v) is 2.44. The Labute approximate surface area is 120 Å². The van der Waals surface area contributed by atoms with E-state index < -0.39 is 0 Å². The van der Waals surface area contributed by atoms with Gasteiger partial charge in [0.2, 0.25) is 5.91 Å². The quantitative estimate of drug-likeness (QED) is 0.386. The van der Waals surface area contributed by atoms with E-state index in [2.05, 4.69) is 17.5 Å². The lowest BCUT2D eigenvalue weighted by Gasteiger charge is -2.01. The van der Waals surface area contributed by atoms with Gasteiger partial charge in [-0.15, -0.1) is 0 Å². The molecule has 1 heterocycles. The predicted octanol–water partition coefficient (Wildman–Crippen LogP) is 4.34. The van der Waals surface area contributed by atoms with Gasteiger partial charge in [-0.1, -0.05) is 45.4 Å². The minimum Gasteiger partial charge on any atom is -0.273 e. The first-order valence-corrected chi connectivity index (χ1v) is 8.11. The molecule has 0 saturated carbocycles. The maximum Gasteiger partial charge on any atom is 0.240 e. The van der Waals surface area contributed by atoms with Crippen molar-refractivity contribution >= 4 is 23.5 Å². The van der Waals surface area contributed by atoms with Crippen LogP contribution in [0.3, 0.4) is 0 Å². The number of thiophene rings is 1. The van der Waals surface area contributed by atoms with Gasteiger partial charge in [0.15, 0.2) is 0 Å². The number of rotatable bonds is 10. The highest BCUT2D eigenvalue weighted by Crippen LogP contribution is 2.08. The highest BCUT2D eigenvalue weighted by Gasteiger charge is 1.99. The number of nitrogens with zero attached hydrogens (tertiary/aromatic N) is 1. The topological polar surface area (TPSA) is 41.5 Å². The van der Waals surface area contributed by atoms with E-state index in [0.29, 0.717) is 6.42 Å². The van der Waals surface area contributed by atoms with E-state index in [0.717, 1.165) is 18.4 Å². The molecule has 0 aliphatic rings. The third-order valence-corrected chi connectivity index (χ3v) is 3.65. The number of carbonyl (C=O) groups excluding carboxylic acids is 1. The van der Waals surface area contributed by atoms with E-state index in [1.807, 2.05) is 16.8 Å². The summed E-state index contributed by atoms with van der Waals surface area (Å²) in [7, 11) is 0. The van der Waals surface area contributed by atoms with Gasteiger partial charge in [-0.2, -0.15) is 16.4 Å². The van der Waals surface area contributed by atoms with E-state index in [1.54, 1.807) is 17.6 Å². The predicted molar refractivity (Wildman–Crippen MR) is 82.7 cm³/mol. The molecule has 4 heteroatoms. The molecule has 0 bridgehead atoms. The van der Waals surface area contributed by atoms with Crippen LogP contribution in [0.25, 0.3) is 0 Å². The molecule has 0 atom stereocenters. The number of hydrogen-bond donors (Lipinski definition) is 1. The fourth-order valence-electron chi connectivity index (χ4n) is 1.83. The van der Waals surface area contributed by atoms with E-state index in [9.17, 15) is 4.79 Å². The van der Waals surface area contributed by atoms with Crippen LogP contribution in [0.4, 0.5) is 0 Å². The van der Waals surface area contributed by atoms with Crippen LogP contribution in [0.5, 0.6) is 0 Å². The molecule has 3 nitrogen and oxygen atoms in total. The molecule has 19 heavy (non-hydrogen) atoms. The number of unbranched alkanes of at least 4 members (excludes halogenated alkanes) is 6. The Hall–Kier alpha value is -1.16. The van der Waals surface area contributed by atoms with Crippen molar-refractivity contribution < 1.29 is 4.79 Å². The lowest BCUT2D eigenvalue weighted by Crippen LogP contribution is -2.16. The molecule has 0 spiro atoms.